The van der Waals surface area contributed by atoms with Crippen LogP contribution >= 0.6 is 0 Å². The van der Waals surface area contributed by atoms with Crippen molar-refractivity contribution < 1.29 is 14.3 Å². The number of nitrogens with zero attached hydrogens (tertiary/aromatic N) is 3. The first-order valence-electron chi connectivity index (χ1n) is 10.7. The molecule has 0 atom stereocenters. The molecule has 5 aromatic rings. The fraction of sp³-hybridized carbons (Fsp3) is 0.0741. The molecule has 0 saturated heterocycles. The van der Waals surface area contributed by atoms with E-state index in [1.807, 2.05) is 66.7 Å². The van der Waals surface area contributed by atoms with Crippen molar-refractivity contribution >= 4 is 17.2 Å². The Morgan fingerprint density at radius 2 is 1.56 bits per heavy atom. The molecule has 0 radical (unpaired) electrons. The lowest BCUT2D eigenvalue weighted by Gasteiger charge is -2.12. The average Bonchev–Trinajstić information content (AvgIpc) is 3.33. The van der Waals surface area contributed by atoms with Crippen LogP contribution in [0.3, 0.4) is 0 Å². The van der Waals surface area contributed by atoms with Crippen LogP contribution in [0.4, 0.5) is 5.69 Å². The van der Waals surface area contributed by atoms with Gasteiger partial charge in [0.2, 0.25) is 0 Å². The van der Waals surface area contributed by atoms with Gasteiger partial charge >= 0.3 is 0 Å². The first-order valence-corrected chi connectivity index (χ1v) is 10.7. The van der Waals surface area contributed by atoms with Crippen LogP contribution in [-0.4, -0.2) is 34.7 Å². The number of hydrogen-bond acceptors (Lipinski definition) is 5. The van der Waals surface area contributed by atoms with Crippen molar-refractivity contribution in [1.82, 2.24) is 14.6 Å². The summed E-state index contributed by atoms with van der Waals surface area (Å²) in [5.74, 6) is 0.787. The zero-order valence-corrected chi connectivity index (χ0v) is 18.7. The van der Waals surface area contributed by atoms with E-state index < -0.39 is 0 Å². The van der Waals surface area contributed by atoms with Gasteiger partial charge in [-0.2, -0.15) is 5.10 Å². The number of methoxy groups -OCH3 is 2. The molecule has 0 unspecified atom stereocenters. The molecule has 2 heterocycles. The average molecular weight is 450 g/mol. The summed E-state index contributed by atoms with van der Waals surface area (Å²) in [4.78, 5) is 18.1. The van der Waals surface area contributed by atoms with Crippen molar-refractivity contribution in [3.05, 3.63) is 96.7 Å². The Morgan fingerprint density at radius 3 is 2.24 bits per heavy atom. The molecule has 2 aromatic heterocycles. The molecule has 1 amide bonds. The van der Waals surface area contributed by atoms with E-state index >= 15 is 0 Å². The van der Waals surface area contributed by atoms with Crippen LogP contribution in [0.5, 0.6) is 11.5 Å². The Hall–Kier alpha value is -4.65. The molecule has 168 valence electrons. The monoisotopic (exact) mass is 450 g/mol. The smallest absolute Gasteiger partial charge is 0.261 e. The van der Waals surface area contributed by atoms with E-state index in [-0.39, 0.29) is 5.91 Å². The summed E-state index contributed by atoms with van der Waals surface area (Å²) in [6.45, 7) is 0. The number of hydrogen-bond donors (Lipinski definition) is 1. The number of rotatable bonds is 6. The van der Waals surface area contributed by atoms with Gasteiger partial charge in [-0.15, -0.1) is 0 Å². The molecule has 34 heavy (non-hydrogen) atoms. The van der Waals surface area contributed by atoms with E-state index in [0.29, 0.717) is 28.4 Å². The molecular formula is C27H22N4O3. The van der Waals surface area contributed by atoms with E-state index in [4.69, 9.17) is 14.5 Å². The number of anilines is 1. The van der Waals surface area contributed by atoms with Crippen LogP contribution < -0.4 is 14.8 Å². The molecule has 0 aliphatic carbocycles. The Kier molecular flexibility index (Phi) is 5.66. The summed E-state index contributed by atoms with van der Waals surface area (Å²) in [5.41, 5.74) is 4.85. The Labute approximate surface area is 196 Å². The Morgan fingerprint density at radius 1 is 0.853 bits per heavy atom. The number of nitrogens with one attached hydrogen (secondary N) is 1. The summed E-state index contributed by atoms with van der Waals surface area (Å²) in [6.07, 6.45) is 1.54. The maximum Gasteiger partial charge on any atom is 0.261 e. The van der Waals surface area contributed by atoms with Gasteiger partial charge in [-0.05, 0) is 18.2 Å². The van der Waals surface area contributed by atoms with E-state index in [1.165, 1.54) is 6.20 Å². The van der Waals surface area contributed by atoms with Crippen LogP contribution in [0.1, 0.15) is 10.4 Å². The first kappa shape index (κ1) is 21.2. The van der Waals surface area contributed by atoms with Crippen LogP contribution in [0.25, 0.3) is 28.2 Å². The molecule has 5 rings (SSSR count). The third-order valence-electron chi connectivity index (χ3n) is 5.51. The summed E-state index contributed by atoms with van der Waals surface area (Å²) in [6, 6.07) is 27.0. The molecule has 0 bridgehead atoms. The first-order chi connectivity index (χ1) is 16.7. The molecule has 1 N–H and O–H groups in total. The van der Waals surface area contributed by atoms with Gasteiger partial charge in [0.15, 0.2) is 5.65 Å². The van der Waals surface area contributed by atoms with Crippen LogP contribution in [0.2, 0.25) is 0 Å². The number of benzene rings is 3. The second-order valence-corrected chi connectivity index (χ2v) is 7.57. The van der Waals surface area contributed by atoms with Crippen molar-refractivity contribution in [2.45, 2.75) is 0 Å². The molecule has 0 spiro atoms. The maximum absolute atomic E-state index is 13.3. The Bertz CT molecular complexity index is 1460. The van der Waals surface area contributed by atoms with E-state index in [0.717, 1.165) is 22.5 Å². The van der Waals surface area contributed by atoms with Crippen molar-refractivity contribution in [2.24, 2.45) is 0 Å². The number of carbonyl (C=O) groups excluding carboxylic acids is 1. The van der Waals surface area contributed by atoms with Crippen molar-refractivity contribution in [3.63, 3.8) is 0 Å². The predicted molar refractivity (Wildman–Crippen MR) is 131 cm³/mol. The fourth-order valence-electron chi connectivity index (χ4n) is 3.79. The van der Waals surface area contributed by atoms with Gasteiger partial charge < -0.3 is 14.8 Å². The largest absolute Gasteiger partial charge is 0.497 e. The number of ether oxygens (including phenoxy) is 2. The lowest BCUT2D eigenvalue weighted by molar-refractivity contribution is 0.102. The quantitative estimate of drug-likeness (QED) is 0.378. The van der Waals surface area contributed by atoms with E-state index in [1.54, 1.807) is 36.9 Å². The normalized spacial score (nSPS) is 10.8. The molecule has 7 nitrogen and oxygen atoms in total. The summed E-state index contributed by atoms with van der Waals surface area (Å²) in [7, 11) is 3.12. The number of amides is 1. The second-order valence-electron chi connectivity index (χ2n) is 7.57. The van der Waals surface area contributed by atoms with Gasteiger partial charge in [0, 0.05) is 17.2 Å². The topological polar surface area (TPSA) is 77.8 Å². The highest BCUT2D eigenvalue weighted by atomic mass is 16.5. The summed E-state index contributed by atoms with van der Waals surface area (Å²) < 4.78 is 12.4. The van der Waals surface area contributed by atoms with E-state index in [2.05, 4.69) is 10.4 Å². The number of aromatic nitrogens is 3. The highest BCUT2D eigenvalue weighted by Gasteiger charge is 2.20. The van der Waals surface area contributed by atoms with Crippen LogP contribution in [0, 0.1) is 0 Å². The molecule has 0 saturated carbocycles. The van der Waals surface area contributed by atoms with Gasteiger partial charge in [0.05, 0.1) is 37.5 Å². The number of fused-ring (bicyclic) bond motifs is 1. The van der Waals surface area contributed by atoms with Gasteiger partial charge in [-0.1, -0.05) is 60.7 Å². The minimum atomic E-state index is -0.338. The van der Waals surface area contributed by atoms with Crippen molar-refractivity contribution in [3.8, 4) is 34.0 Å². The third-order valence-corrected chi connectivity index (χ3v) is 5.51. The Balaban J connectivity index is 1.62. The zero-order chi connectivity index (χ0) is 23.5. The highest BCUT2D eigenvalue weighted by molar-refractivity contribution is 6.09. The molecule has 7 heteroatoms. The minimum absolute atomic E-state index is 0.338. The lowest BCUT2D eigenvalue weighted by Crippen LogP contribution is -2.13. The van der Waals surface area contributed by atoms with Crippen LogP contribution in [0.15, 0.2) is 91.1 Å². The lowest BCUT2D eigenvalue weighted by atomic mass is 10.1. The van der Waals surface area contributed by atoms with E-state index in [9.17, 15) is 4.79 Å². The van der Waals surface area contributed by atoms with Gasteiger partial charge in [-0.3, -0.25) is 4.79 Å². The molecule has 3 aromatic carbocycles. The van der Waals surface area contributed by atoms with Gasteiger partial charge in [0.25, 0.3) is 5.91 Å². The summed E-state index contributed by atoms with van der Waals surface area (Å²) in [5, 5.41) is 7.42. The predicted octanol–water partition coefficient (Wildman–Crippen LogP) is 5.33. The SMILES string of the molecule is COc1ccc(NC(=O)c2cnn3c(-c4ccccc4)cc(-c4ccccc4)nc23)c(OC)c1. The van der Waals surface area contributed by atoms with Crippen molar-refractivity contribution in [1.29, 1.82) is 0 Å². The standard InChI is InChI=1S/C27H22N4O3/c1-33-20-13-14-22(25(15-20)34-2)30-27(32)21-17-28-31-24(19-11-7-4-8-12-19)16-23(29-26(21)31)18-9-5-3-6-10-18/h3-17H,1-2H3,(H,30,32). The molecule has 0 aliphatic rings. The number of carbonyl (C=O) groups is 1. The second kappa shape index (κ2) is 9.07. The third kappa shape index (κ3) is 3.95. The van der Waals surface area contributed by atoms with Crippen LogP contribution in [-0.2, 0) is 0 Å². The molecular weight excluding hydrogens is 428 g/mol. The highest BCUT2D eigenvalue weighted by Crippen LogP contribution is 2.31. The fourth-order valence-corrected chi connectivity index (χ4v) is 3.79. The van der Waals surface area contributed by atoms with Crippen molar-refractivity contribution in [2.75, 3.05) is 19.5 Å². The molecule has 0 fully saturated rings. The maximum atomic E-state index is 13.3. The molecule has 0 aliphatic heterocycles. The minimum Gasteiger partial charge on any atom is -0.497 e. The van der Waals surface area contributed by atoms with Gasteiger partial charge in [-0.25, -0.2) is 9.50 Å². The summed E-state index contributed by atoms with van der Waals surface area (Å²) >= 11 is 0. The zero-order valence-electron chi connectivity index (χ0n) is 18.7. The van der Waals surface area contributed by atoms with Gasteiger partial charge in [0.1, 0.15) is 17.1 Å².